The van der Waals surface area contributed by atoms with Crippen molar-refractivity contribution in [2.24, 2.45) is 0 Å². The first-order chi connectivity index (χ1) is 10.0. The first kappa shape index (κ1) is 16.1. The van der Waals surface area contributed by atoms with Gasteiger partial charge in [0, 0.05) is 29.7 Å². The number of likely N-dealkylation sites (N-methyl/N-ethyl adjacent to an activating group) is 1. The smallest absolute Gasteiger partial charge is 0.0643 e. The Kier molecular flexibility index (Phi) is 5.43. The van der Waals surface area contributed by atoms with Crippen LogP contribution in [0.3, 0.4) is 0 Å². The Morgan fingerprint density at radius 1 is 1.29 bits per heavy atom. The molecule has 0 aliphatic rings. The molecule has 0 amide bonds. The van der Waals surface area contributed by atoms with Crippen LogP contribution in [-0.4, -0.2) is 16.3 Å². The molecule has 114 valence electrons. The number of benzene rings is 1. The summed E-state index contributed by atoms with van der Waals surface area (Å²) in [6, 6.07) is 8.88. The molecule has 1 aromatic heterocycles. The van der Waals surface area contributed by atoms with Crippen molar-refractivity contribution in [2.45, 2.75) is 46.2 Å². The summed E-state index contributed by atoms with van der Waals surface area (Å²) in [5, 5.41) is 9.02. The van der Waals surface area contributed by atoms with Crippen molar-refractivity contribution >= 4 is 11.6 Å². The molecule has 0 spiro atoms. The summed E-state index contributed by atoms with van der Waals surface area (Å²) in [4.78, 5) is 0. The number of aromatic nitrogens is 2. The van der Waals surface area contributed by atoms with Gasteiger partial charge < -0.3 is 5.32 Å². The maximum atomic E-state index is 6.48. The number of aryl methyl sites for hydroxylation is 1. The van der Waals surface area contributed by atoms with E-state index in [0.29, 0.717) is 6.04 Å². The number of nitrogens with one attached hydrogen (secondary N) is 1. The highest BCUT2D eigenvalue weighted by atomic mass is 35.5. The van der Waals surface area contributed by atoms with E-state index >= 15 is 0 Å². The molecule has 0 radical (unpaired) electrons. The summed E-state index contributed by atoms with van der Waals surface area (Å²) in [6.07, 6.45) is 2.89. The van der Waals surface area contributed by atoms with Crippen molar-refractivity contribution in [3.63, 3.8) is 0 Å². The van der Waals surface area contributed by atoms with Gasteiger partial charge in [0.25, 0.3) is 0 Å². The Morgan fingerprint density at radius 3 is 2.67 bits per heavy atom. The lowest BCUT2D eigenvalue weighted by Crippen LogP contribution is -2.23. The molecule has 1 aromatic carbocycles. The van der Waals surface area contributed by atoms with Crippen LogP contribution in [0.25, 0.3) is 0 Å². The predicted molar refractivity (Wildman–Crippen MR) is 88.9 cm³/mol. The van der Waals surface area contributed by atoms with E-state index in [4.69, 9.17) is 11.6 Å². The molecule has 1 N–H and O–H groups in total. The van der Waals surface area contributed by atoms with E-state index in [-0.39, 0.29) is 6.04 Å². The lowest BCUT2D eigenvalue weighted by atomic mass is 10.00. The maximum absolute atomic E-state index is 6.48. The largest absolute Gasteiger partial charge is 0.310 e. The molecule has 0 aliphatic carbocycles. The molecule has 2 rings (SSSR count). The van der Waals surface area contributed by atoms with Crippen LogP contribution in [0.15, 0.2) is 30.5 Å². The molecule has 3 nitrogen and oxygen atoms in total. The minimum atomic E-state index is 0.193. The number of nitrogens with zero attached hydrogens (tertiary/aromatic N) is 2. The van der Waals surface area contributed by atoms with Crippen LogP contribution in [0.4, 0.5) is 0 Å². The van der Waals surface area contributed by atoms with Crippen LogP contribution in [0, 0.1) is 6.92 Å². The van der Waals surface area contributed by atoms with E-state index in [9.17, 15) is 0 Å². The molecule has 1 heterocycles. The van der Waals surface area contributed by atoms with Crippen molar-refractivity contribution in [3.8, 4) is 0 Å². The molecular formula is C17H24ClN3. The average molecular weight is 306 g/mol. The van der Waals surface area contributed by atoms with Gasteiger partial charge >= 0.3 is 0 Å². The topological polar surface area (TPSA) is 29.9 Å². The molecule has 1 atom stereocenters. The van der Waals surface area contributed by atoms with Crippen molar-refractivity contribution in [3.05, 3.63) is 52.3 Å². The zero-order chi connectivity index (χ0) is 15.4. The first-order valence-electron chi connectivity index (χ1n) is 7.55. The fourth-order valence-corrected chi connectivity index (χ4v) is 2.72. The highest BCUT2D eigenvalue weighted by Gasteiger charge is 2.17. The second kappa shape index (κ2) is 7.10. The molecule has 1 unspecified atom stereocenters. The Labute approximate surface area is 132 Å². The van der Waals surface area contributed by atoms with E-state index < -0.39 is 0 Å². The number of halogens is 1. The molecule has 0 fully saturated rings. The minimum absolute atomic E-state index is 0.193. The Hall–Kier alpha value is -1.32. The first-order valence-corrected chi connectivity index (χ1v) is 7.93. The Balaban J connectivity index is 2.24. The van der Waals surface area contributed by atoms with Crippen molar-refractivity contribution in [1.82, 2.24) is 15.1 Å². The zero-order valence-electron chi connectivity index (χ0n) is 13.2. The fourth-order valence-electron chi connectivity index (χ4n) is 2.46. The Bertz CT molecular complexity index is 589. The van der Waals surface area contributed by atoms with Gasteiger partial charge in [-0.15, -0.1) is 0 Å². The summed E-state index contributed by atoms with van der Waals surface area (Å²) in [5.41, 5.74) is 3.36. The quantitative estimate of drug-likeness (QED) is 0.861. The lowest BCUT2D eigenvalue weighted by Gasteiger charge is -2.19. The number of hydrogen-bond acceptors (Lipinski definition) is 2. The van der Waals surface area contributed by atoms with E-state index in [1.807, 2.05) is 23.9 Å². The molecule has 2 aromatic rings. The summed E-state index contributed by atoms with van der Waals surface area (Å²) in [6.45, 7) is 9.33. The number of hydrogen-bond donors (Lipinski definition) is 1. The predicted octanol–water partition coefficient (Wildman–Crippen LogP) is 4.32. The Morgan fingerprint density at radius 2 is 2.05 bits per heavy atom. The second-order valence-electron chi connectivity index (χ2n) is 5.67. The second-order valence-corrected chi connectivity index (χ2v) is 6.05. The number of rotatable bonds is 6. The molecule has 0 saturated carbocycles. The molecular weight excluding hydrogens is 282 g/mol. The van der Waals surface area contributed by atoms with Crippen molar-refractivity contribution in [2.75, 3.05) is 6.54 Å². The monoisotopic (exact) mass is 305 g/mol. The van der Waals surface area contributed by atoms with Crippen LogP contribution in [0.5, 0.6) is 0 Å². The molecule has 0 bridgehead atoms. The molecule has 0 aliphatic heterocycles. The molecule has 21 heavy (non-hydrogen) atoms. The fraction of sp³-hybridized carbons (Fsp3) is 0.471. The highest BCUT2D eigenvalue weighted by Crippen LogP contribution is 2.28. The third-order valence-electron chi connectivity index (χ3n) is 3.65. The summed E-state index contributed by atoms with van der Waals surface area (Å²) in [5.74, 6) is 0. The SMILES string of the molecule is CCNC(Cc1ccn(C(C)C)n1)c1cccc(C)c1Cl. The van der Waals surface area contributed by atoms with Gasteiger partial charge in [-0.3, -0.25) is 4.68 Å². The molecule has 0 saturated heterocycles. The normalized spacial score (nSPS) is 12.9. The summed E-state index contributed by atoms with van der Waals surface area (Å²) < 4.78 is 2.00. The van der Waals surface area contributed by atoms with Gasteiger partial charge in [-0.05, 0) is 44.5 Å². The minimum Gasteiger partial charge on any atom is -0.310 e. The highest BCUT2D eigenvalue weighted by molar-refractivity contribution is 6.32. The van der Waals surface area contributed by atoms with Gasteiger partial charge in [0.1, 0.15) is 0 Å². The van der Waals surface area contributed by atoms with Gasteiger partial charge in [0.2, 0.25) is 0 Å². The van der Waals surface area contributed by atoms with Crippen LogP contribution < -0.4 is 5.32 Å². The van der Waals surface area contributed by atoms with Gasteiger partial charge in [0.05, 0.1) is 5.69 Å². The van der Waals surface area contributed by atoms with E-state index in [1.165, 1.54) is 0 Å². The van der Waals surface area contributed by atoms with Gasteiger partial charge in [0.15, 0.2) is 0 Å². The van der Waals surface area contributed by atoms with E-state index in [1.54, 1.807) is 0 Å². The van der Waals surface area contributed by atoms with Crippen LogP contribution in [0.2, 0.25) is 5.02 Å². The zero-order valence-corrected chi connectivity index (χ0v) is 14.0. The standard InChI is InChI=1S/C17H24ClN3/c1-5-19-16(15-8-6-7-13(4)17(15)18)11-14-9-10-21(20-14)12(2)3/h6-10,12,16,19H,5,11H2,1-4H3. The van der Waals surface area contributed by atoms with Crippen LogP contribution in [0.1, 0.15) is 49.7 Å². The summed E-state index contributed by atoms with van der Waals surface area (Å²) in [7, 11) is 0. The van der Waals surface area contributed by atoms with Crippen molar-refractivity contribution in [1.29, 1.82) is 0 Å². The van der Waals surface area contributed by atoms with Gasteiger partial charge in [-0.1, -0.05) is 36.7 Å². The third kappa shape index (κ3) is 3.86. The van der Waals surface area contributed by atoms with E-state index in [2.05, 4.69) is 49.4 Å². The average Bonchev–Trinajstić information content (AvgIpc) is 2.90. The summed E-state index contributed by atoms with van der Waals surface area (Å²) >= 11 is 6.48. The maximum Gasteiger partial charge on any atom is 0.0643 e. The van der Waals surface area contributed by atoms with E-state index in [0.717, 1.165) is 34.8 Å². The van der Waals surface area contributed by atoms with Crippen molar-refractivity contribution < 1.29 is 0 Å². The van der Waals surface area contributed by atoms with Crippen LogP contribution in [-0.2, 0) is 6.42 Å². The van der Waals surface area contributed by atoms with Gasteiger partial charge in [-0.25, -0.2) is 0 Å². The van der Waals surface area contributed by atoms with Crippen LogP contribution >= 0.6 is 11.6 Å². The van der Waals surface area contributed by atoms with Gasteiger partial charge in [-0.2, -0.15) is 5.10 Å². The lowest BCUT2D eigenvalue weighted by molar-refractivity contribution is 0.506. The third-order valence-corrected chi connectivity index (χ3v) is 4.17. The molecule has 4 heteroatoms.